The van der Waals surface area contributed by atoms with Crippen molar-refractivity contribution >= 4 is 15.8 Å². The lowest BCUT2D eigenvalue weighted by atomic mass is 10.3. The van der Waals surface area contributed by atoms with Crippen LogP contribution in [0.2, 0.25) is 0 Å². The number of sulfonamides is 1. The second kappa shape index (κ2) is 4.38. The Hall–Kier alpha value is -2.15. The summed E-state index contributed by atoms with van der Waals surface area (Å²) in [5, 5.41) is 16.4. The first kappa shape index (κ1) is 11.3. The maximum absolute atomic E-state index is 11.9. The number of aromatic hydroxyl groups is 1. The van der Waals surface area contributed by atoms with Crippen molar-refractivity contribution in [3.8, 4) is 5.75 Å². The Morgan fingerprint density at radius 3 is 2.65 bits per heavy atom. The van der Waals surface area contributed by atoms with Crippen LogP contribution in [0.25, 0.3) is 0 Å². The van der Waals surface area contributed by atoms with E-state index in [4.69, 9.17) is 0 Å². The fourth-order valence-electron chi connectivity index (χ4n) is 1.20. The lowest BCUT2D eigenvalue weighted by Crippen LogP contribution is -2.13. The molecule has 0 bridgehead atoms. The van der Waals surface area contributed by atoms with E-state index in [1.807, 2.05) is 0 Å². The molecular formula is C10H9N3O3S. The van der Waals surface area contributed by atoms with Crippen molar-refractivity contribution in [1.29, 1.82) is 0 Å². The molecule has 2 N–H and O–H groups in total. The average Bonchev–Trinajstić information content (AvgIpc) is 2.30. The summed E-state index contributed by atoms with van der Waals surface area (Å²) >= 11 is 0. The normalized spacial score (nSPS) is 11.1. The van der Waals surface area contributed by atoms with Crippen LogP contribution in [0.1, 0.15) is 0 Å². The molecule has 0 saturated heterocycles. The topological polar surface area (TPSA) is 92.2 Å². The molecule has 0 atom stereocenters. The predicted molar refractivity (Wildman–Crippen MR) is 60.9 cm³/mol. The van der Waals surface area contributed by atoms with Gasteiger partial charge in [0.15, 0.2) is 5.82 Å². The molecule has 0 aliphatic carbocycles. The van der Waals surface area contributed by atoms with E-state index >= 15 is 0 Å². The summed E-state index contributed by atoms with van der Waals surface area (Å²) in [5.74, 6) is 0.00265. The first-order valence-electron chi connectivity index (χ1n) is 4.67. The third kappa shape index (κ3) is 2.70. The van der Waals surface area contributed by atoms with Crippen LogP contribution in [-0.2, 0) is 10.0 Å². The third-order valence-corrected chi connectivity index (χ3v) is 3.29. The highest BCUT2D eigenvalue weighted by molar-refractivity contribution is 7.92. The molecule has 1 aromatic carbocycles. The van der Waals surface area contributed by atoms with E-state index in [-0.39, 0.29) is 16.5 Å². The maximum atomic E-state index is 11.9. The molecule has 0 aliphatic heterocycles. The fraction of sp³-hybridized carbons (Fsp3) is 0. The van der Waals surface area contributed by atoms with Crippen molar-refractivity contribution in [3.05, 3.63) is 42.6 Å². The molecule has 0 fully saturated rings. The maximum Gasteiger partial charge on any atom is 0.263 e. The summed E-state index contributed by atoms with van der Waals surface area (Å²) in [7, 11) is -3.75. The molecule has 0 amide bonds. The monoisotopic (exact) mass is 251 g/mol. The molecule has 0 radical (unpaired) electrons. The molecule has 0 spiro atoms. The van der Waals surface area contributed by atoms with E-state index in [1.165, 1.54) is 30.5 Å². The smallest absolute Gasteiger partial charge is 0.263 e. The van der Waals surface area contributed by atoms with Crippen molar-refractivity contribution in [1.82, 2.24) is 10.2 Å². The van der Waals surface area contributed by atoms with E-state index < -0.39 is 10.0 Å². The van der Waals surface area contributed by atoms with Crippen LogP contribution in [0, 0.1) is 0 Å². The van der Waals surface area contributed by atoms with Gasteiger partial charge in [0.2, 0.25) is 0 Å². The van der Waals surface area contributed by atoms with Crippen LogP contribution in [0.4, 0.5) is 5.82 Å². The highest BCUT2D eigenvalue weighted by Gasteiger charge is 2.15. The van der Waals surface area contributed by atoms with E-state index in [9.17, 15) is 13.5 Å². The molecule has 7 heteroatoms. The summed E-state index contributed by atoms with van der Waals surface area (Å²) in [5.41, 5.74) is 0. The summed E-state index contributed by atoms with van der Waals surface area (Å²) in [4.78, 5) is -0.0387. The SMILES string of the molecule is O=S(=O)(Nc1cccnn1)c1cccc(O)c1. The minimum atomic E-state index is -3.75. The Balaban J connectivity index is 2.32. The minimum absolute atomic E-state index is 0.0387. The van der Waals surface area contributed by atoms with Crippen LogP contribution in [0.15, 0.2) is 47.5 Å². The Morgan fingerprint density at radius 2 is 2.00 bits per heavy atom. The number of phenolic OH excluding ortho intramolecular Hbond substituents is 1. The van der Waals surface area contributed by atoms with Gasteiger partial charge in [-0.1, -0.05) is 6.07 Å². The van der Waals surface area contributed by atoms with Gasteiger partial charge in [-0.05, 0) is 24.3 Å². The largest absolute Gasteiger partial charge is 0.508 e. The van der Waals surface area contributed by atoms with Gasteiger partial charge in [0.1, 0.15) is 5.75 Å². The van der Waals surface area contributed by atoms with Crippen LogP contribution < -0.4 is 4.72 Å². The van der Waals surface area contributed by atoms with Gasteiger partial charge in [-0.15, -0.1) is 5.10 Å². The van der Waals surface area contributed by atoms with Crippen molar-refractivity contribution in [3.63, 3.8) is 0 Å². The van der Waals surface area contributed by atoms with E-state index in [0.717, 1.165) is 6.07 Å². The van der Waals surface area contributed by atoms with Crippen molar-refractivity contribution in [2.45, 2.75) is 4.90 Å². The van der Waals surface area contributed by atoms with Crippen LogP contribution in [0.3, 0.4) is 0 Å². The van der Waals surface area contributed by atoms with Gasteiger partial charge < -0.3 is 5.11 Å². The van der Waals surface area contributed by atoms with Crippen molar-refractivity contribution < 1.29 is 13.5 Å². The van der Waals surface area contributed by atoms with Gasteiger partial charge in [-0.25, -0.2) is 8.42 Å². The fourth-order valence-corrected chi connectivity index (χ4v) is 2.24. The number of anilines is 1. The first-order valence-corrected chi connectivity index (χ1v) is 6.16. The molecule has 1 aromatic heterocycles. The van der Waals surface area contributed by atoms with E-state index in [0.29, 0.717) is 0 Å². The quantitative estimate of drug-likeness (QED) is 0.848. The lowest BCUT2D eigenvalue weighted by molar-refractivity contribution is 0.473. The summed E-state index contributed by atoms with van der Waals surface area (Å²) in [6, 6.07) is 8.40. The number of aromatic nitrogens is 2. The second-order valence-electron chi connectivity index (χ2n) is 3.21. The Kier molecular flexibility index (Phi) is 2.92. The van der Waals surface area contributed by atoms with Crippen molar-refractivity contribution in [2.24, 2.45) is 0 Å². The standard InChI is InChI=1S/C10H9N3O3S/c14-8-3-1-4-9(7-8)17(15,16)13-10-5-2-6-11-12-10/h1-7,14H,(H,12,13). The Morgan fingerprint density at radius 1 is 1.18 bits per heavy atom. The number of nitrogens with one attached hydrogen (secondary N) is 1. The summed E-state index contributed by atoms with van der Waals surface area (Å²) < 4.78 is 26.0. The van der Waals surface area contributed by atoms with Gasteiger partial charge in [-0.2, -0.15) is 5.10 Å². The Bertz CT molecular complexity index is 614. The Labute approximate surface area is 98.0 Å². The number of hydrogen-bond acceptors (Lipinski definition) is 5. The highest BCUT2D eigenvalue weighted by Crippen LogP contribution is 2.18. The first-order chi connectivity index (χ1) is 8.08. The molecule has 0 unspecified atom stereocenters. The summed E-state index contributed by atoms with van der Waals surface area (Å²) in [6.45, 7) is 0. The summed E-state index contributed by atoms with van der Waals surface area (Å²) in [6.07, 6.45) is 1.44. The predicted octanol–water partition coefficient (Wildman–Crippen LogP) is 0.983. The van der Waals surface area contributed by atoms with Gasteiger partial charge >= 0.3 is 0 Å². The minimum Gasteiger partial charge on any atom is -0.508 e. The zero-order chi connectivity index (χ0) is 12.3. The van der Waals surface area contributed by atoms with Gasteiger partial charge in [-0.3, -0.25) is 4.72 Å². The number of phenols is 1. The van der Waals surface area contributed by atoms with E-state index in [2.05, 4.69) is 14.9 Å². The molecule has 88 valence electrons. The molecule has 1 heterocycles. The zero-order valence-electron chi connectivity index (χ0n) is 8.61. The van der Waals surface area contributed by atoms with E-state index in [1.54, 1.807) is 6.07 Å². The van der Waals surface area contributed by atoms with Gasteiger partial charge in [0, 0.05) is 12.3 Å². The number of hydrogen-bond donors (Lipinski definition) is 2. The number of rotatable bonds is 3. The lowest BCUT2D eigenvalue weighted by Gasteiger charge is -2.06. The number of nitrogens with zero attached hydrogens (tertiary/aromatic N) is 2. The third-order valence-electron chi connectivity index (χ3n) is 1.94. The molecule has 2 aromatic rings. The van der Waals surface area contributed by atoms with Crippen molar-refractivity contribution in [2.75, 3.05) is 4.72 Å². The van der Waals surface area contributed by atoms with Gasteiger partial charge in [0.25, 0.3) is 10.0 Å². The van der Waals surface area contributed by atoms with Crippen LogP contribution in [-0.4, -0.2) is 23.7 Å². The molecular weight excluding hydrogens is 242 g/mol. The van der Waals surface area contributed by atoms with Crippen LogP contribution in [0.5, 0.6) is 5.75 Å². The number of benzene rings is 1. The molecule has 17 heavy (non-hydrogen) atoms. The highest BCUT2D eigenvalue weighted by atomic mass is 32.2. The van der Waals surface area contributed by atoms with Crippen LogP contribution >= 0.6 is 0 Å². The zero-order valence-corrected chi connectivity index (χ0v) is 9.42. The molecule has 6 nitrogen and oxygen atoms in total. The van der Waals surface area contributed by atoms with Gasteiger partial charge in [0.05, 0.1) is 4.90 Å². The molecule has 2 rings (SSSR count). The molecule has 0 saturated carbocycles. The second-order valence-corrected chi connectivity index (χ2v) is 4.89. The molecule has 0 aliphatic rings. The average molecular weight is 251 g/mol.